The molecule has 1 unspecified atom stereocenters. The monoisotopic (exact) mass is 255 g/mol. The van der Waals surface area contributed by atoms with Gasteiger partial charge in [-0.15, -0.1) is 11.3 Å². The van der Waals surface area contributed by atoms with Crippen LogP contribution in [-0.2, 0) is 9.59 Å². The SMILES string of the molecule is CC(C(=O)N(CC(=O)O)C(C)C)c1cccs1. The summed E-state index contributed by atoms with van der Waals surface area (Å²) in [5, 5.41) is 10.7. The van der Waals surface area contributed by atoms with Crippen LogP contribution >= 0.6 is 11.3 Å². The molecular weight excluding hydrogens is 238 g/mol. The summed E-state index contributed by atoms with van der Waals surface area (Å²) < 4.78 is 0. The highest BCUT2D eigenvalue weighted by molar-refractivity contribution is 7.10. The number of carbonyl (C=O) groups is 2. The maximum absolute atomic E-state index is 12.2. The van der Waals surface area contributed by atoms with E-state index in [1.54, 1.807) is 0 Å². The van der Waals surface area contributed by atoms with Gasteiger partial charge in [0.25, 0.3) is 0 Å². The Bertz CT molecular complexity index is 386. The number of carboxylic acids is 1. The first kappa shape index (κ1) is 13.7. The topological polar surface area (TPSA) is 57.6 Å². The van der Waals surface area contributed by atoms with Crippen molar-refractivity contribution in [2.75, 3.05) is 6.54 Å². The highest BCUT2D eigenvalue weighted by atomic mass is 32.1. The van der Waals surface area contributed by atoms with E-state index in [4.69, 9.17) is 5.11 Å². The van der Waals surface area contributed by atoms with Crippen molar-refractivity contribution in [3.05, 3.63) is 22.4 Å². The summed E-state index contributed by atoms with van der Waals surface area (Å²) in [5.74, 6) is -1.40. The second kappa shape index (κ2) is 5.82. The van der Waals surface area contributed by atoms with E-state index < -0.39 is 5.97 Å². The van der Waals surface area contributed by atoms with E-state index >= 15 is 0 Å². The Morgan fingerprint density at radius 2 is 2.06 bits per heavy atom. The van der Waals surface area contributed by atoms with E-state index in [1.165, 1.54) is 16.2 Å². The first-order chi connectivity index (χ1) is 7.93. The predicted molar refractivity (Wildman–Crippen MR) is 67.2 cm³/mol. The second-order valence-corrected chi connectivity index (χ2v) is 5.17. The van der Waals surface area contributed by atoms with E-state index in [0.717, 1.165) is 4.88 Å². The van der Waals surface area contributed by atoms with Gasteiger partial charge in [-0.3, -0.25) is 9.59 Å². The molecule has 17 heavy (non-hydrogen) atoms. The van der Waals surface area contributed by atoms with Crippen molar-refractivity contribution in [2.24, 2.45) is 0 Å². The molecular formula is C12H17NO3S. The number of nitrogens with zero attached hydrogens (tertiary/aromatic N) is 1. The minimum atomic E-state index is -0.981. The zero-order chi connectivity index (χ0) is 13.0. The molecule has 1 aromatic heterocycles. The van der Waals surface area contributed by atoms with Gasteiger partial charge in [-0.25, -0.2) is 0 Å². The van der Waals surface area contributed by atoms with Crippen LogP contribution in [0.25, 0.3) is 0 Å². The molecule has 5 heteroatoms. The summed E-state index contributed by atoms with van der Waals surface area (Å²) in [4.78, 5) is 25.3. The van der Waals surface area contributed by atoms with Gasteiger partial charge < -0.3 is 10.0 Å². The average molecular weight is 255 g/mol. The standard InChI is InChI=1S/C12H17NO3S/c1-8(2)13(7-11(14)15)12(16)9(3)10-5-4-6-17-10/h4-6,8-9H,7H2,1-3H3,(H,14,15). The number of hydrogen-bond donors (Lipinski definition) is 1. The van der Waals surface area contributed by atoms with Crippen molar-refractivity contribution < 1.29 is 14.7 Å². The number of carboxylic acid groups (broad SMARTS) is 1. The molecule has 4 nitrogen and oxygen atoms in total. The molecule has 0 aliphatic carbocycles. The molecule has 0 aromatic carbocycles. The van der Waals surface area contributed by atoms with Crippen molar-refractivity contribution in [2.45, 2.75) is 32.7 Å². The van der Waals surface area contributed by atoms with Crippen molar-refractivity contribution in [3.8, 4) is 0 Å². The van der Waals surface area contributed by atoms with Crippen LogP contribution in [0.2, 0.25) is 0 Å². The number of hydrogen-bond acceptors (Lipinski definition) is 3. The lowest BCUT2D eigenvalue weighted by Crippen LogP contribution is -2.42. The number of rotatable bonds is 5. The molecule has 1 amide bonds. The molecule has 0 saturated carbocycles. The third-order valence-electron chi connectivity index (χ3n) is 2.55. The third kappa shape index (κ3) is 3.56. The summed E-state index contributed by atoms with van der Waals surface area (Å²) in [6.07, 6.45) is 0. The van der Waals surface area contributed by atoms with E-state index in [2.05, 4.69) is 0 Å². The van der Waals surface area contributed by atoms with E-state index in [0.29, 0.717) is 0 Å². The second-order valence-electron chi connectivity index (χ2n) is 4.19. The normalized spacial score (nSPS) is 12.5. The number of aliphatic carboxylic acids is 1. The molecule has 1 atom stereocenters. The van der Waals surface area contributed by atoms with Crippen LogP contribution in [-0.4, -0.2) is 34.5 Å². The molecule has 0 aliphatic heterocycles. The number of thiophene rings is 1. The third-order valence-corrected chi connectivity index (χ3v) is 3.61. The Morgan fingerprint density at radius 1 is 1.41 bits per heavy atom. The van der Waals surface area contributed by atoms with Crippen LogP contribution < -0.4 is 0 Å². The molecule has 0 bridgehead atoms. The van der Waals surface area contributed by atoms with E-state index in [9.17, 15) is 9.59 Å². The van der Waals surface area contributed by atoms with Gasteiger partial charge in [0, 0.05) is 10.9 Å². The quantitative estimate of drug-likeness (QED) is 0.877. The van der Waals surface area contributed by atoms with Crippen molar-refractivity contribution >= 4 is 23.2 Å². The van der Waals surface area contributed by atoms with Gasteiger partial charge >= 0.3 is 5.97 Å². The summed E-state index contributed by atoms with van der Waals surface area (Å²) in [7, 11) is 0. The summed E-state index contributed by atoms with van der Waals surface area (Å²) >= 11 is 1.51. The maximum Gasteiger partial charge on any atom is 0.323 e. The van der Waals surface area contributed by atoms with E-state index in [-0.39, 0.29) is 24.4 Å². The zero-order valence-electron chi connectivity index (χ0n) is 10.2. The van der Waals surface area contributed by atoms with Crippen LogP contribution in [0.3, 0.4) is 0 Å². The van der Waals surface area contributed by atoms with Gasteiger partial charge in [0.05, 0.1) is 5.92 Å². The lowest BCUT2D eigenvalue weighted by molar-refractivity contribution is -0.146. The molecule has 1 heterocycles. The number of amides is 1. The molecule has 0 fully saturated rings. The Morgan fingerprint density at radius 3 is 2.47 bits per heavy atom. The van der Waals surface area contributed by atoms with Gasteiger partial charge in [0.1, 0.15) is 6.54 Å². The Balaban J connectivity index is 2.81. The Labute approximate surface area is 105 Å². The van der Waals surface area contributed by atoms with Crippen molar-refractivity contribution in [1.29, 1.82) is 0 Å². The van der Waals surface area contributed by atoms with Crippen molar-refractivity contribution in [3.63, 3.8) is 0 Å². The molecule has 1 aromatic rings. The summed E-state index contributed by atoms with van der Waals surface area (Å²) in [5.41, 5.74) is 0. The molecule has 0 saturated heterocycles. The first-order valence-electron chi connectivity index (χ1n) is 5.49. The lowest BCUT2D eigenvalue weighted by Gasteiger charge is -2.27. The van der Waals surface area contributed by atoms with Crippen molar-refractivity contribution in [1.82, 2.24) is 4.90 Å². The minimum absolute atomic E-state index is 0.110. The van der Waals surface area contributed by atoms with Gasteiger partial charge in [-0.05, 0) is 32.2 Å². The smallest absolute Gasteiger partial charge is 0.323 e. The fraction of sp³-hybridized carbons (Fsp3) is 0.500. The molecule has 94 valence electrons. The predicted octanol–water partition coefficient (Wildman–Crippen LogP) is 2.17. The molecule has 0 spiro atoms. The van der Waals surface area contributed by atoms with Crippen LogP contribution in [0.5, 0.6) is 0 Å². The fourth-order valence-electron chi connectivity index (χ4n) is 1.57. The van der Waals surface area contributed by atoms with Crippen LogP contribution in [0, 0.1) is 0 Å². The Hall–Kier alpha value is -1.36. The van der Waals surface area contributed by atoms with Gasteiger partial charge in [0.2, 0.25) is 5.91 Å². The highest BCUT2D eigenvalue weighted by Gasteiger charge is 2.26. The van der Waals surface area contributed by atoms with Gasteiger partial charge in [-0.1, -0.05) is 6.07 Å². The van der Waals surface area contributed by atoms with Gasteiger partial charge in [0.15, 0.2) is 0 Å². The highest BCUT2D eigenvalue weighted by Crippen LogP contribution is 2.23. The van der Waals surface area contributed by atoms with E-state index in [1.807, 2.05) is 38.3 Å². The fourth-order valence-corrected chi connectivity index (χ4v) is 2.35. The van der Waals surface area contributed by atoms with Crippen LogP contribution in [0.1, 0.15) is 31.6 Å². The maximum atomic E-state index is 12.2. The molecule has 1 N–H and O–H groups in total. The first-order valence-corrected chi connectivity index (χ1v) is 6.37. The molecule has 1 rings (SSSR count). The lowest BCUT2D eigenvalue weighted by atomic mass is 10.1. The molecule has 0 radical (unpaired) electrons. The largest absolute Gasteiger partial charge is 0.480 e. The van der Waals surface area contributed by atoms with Crippen LogP contribution in [0.4, 0.5) is 0 Å². The Kier molecular flexibility index (Phi) is 4.69. The minimum Gasteiger partial charge on any atom is -0.480 e. The summed E-state index contributed by atoms with van der Waals surface area (Å²) in [6, 6.07) is 3.67. The molecule has 0 aliphatic rings. The summed E-state index contributed by atoms with van der Waals surface area (Å²) in [6.45, 7) is 5.21. The average Bonchev–Trinajstić information content (AvgIpc) is 2.76. The number of carbonyl (C=O) groups excluding carboxylic acids is 1. The van der Waals surface area contributed by atoms with Crippen LogP contribution in [0.15, 0.2) is 17.5 Å². The zero-order valence-corrected chi connectivity index (χ0v) is 11.0. The van der Waals surface area contributed by atoms with Gasteiger partial charge in [-0.2, -0.15) is 0 Å².